The number of hydrogen-bond acceptors (Lipinski definition) is 7. The molecular weight excluding hydrogens is 222 g/mol. The molecule has 0 amide bonds. The van der Waals surface area contributed by atoms with Crippen LogP contribution in [0.2, 0.25) is 0 Å². The summed E-state index contributed by atoms with van der Waals surface area (Å²) in [6.45, 7) is 1.74. The fourth-order valence-corrected chi connectivity index (χ4v) is 0.925. The van der Waals surface area contributed by atoms with Crippen LogP contribution in [0, 0.1) is 0 Å². The van der Waals surface area contributed by atoms with Gasteiger partial charge in [0.25, 0.3) is 0 Å². The highest BCUT2D eigenvalue weighted by Crippen LogP contribution is 2.10. The van der Waals surface area contributed by atoms with Crippen LogP contribution >= 0.6 is 0 Å². The van der Waals surface area contributed by atoms with Gasteiger partial charge in [0, 0.05) is 0 Å². The minimum atomic E-state index is -0.596. The Morgan fingerprint density at radius 1 is 0.812 bits per heavy atom. The fraction of sp³-hybridized carbons (Fsp3) is 1.00. The number of rotatable bonds is 10. The van der Waals surface area contributed by atoms with E-state index in [1.807, 2.05) is 0 Å². The molecule has 0 rings (SSSR count). The molecule has 0 saturated heterocycles. The maximum Gasteiger partial charge on any atom is 0.175 e. The molecule has 0 aromatic heterocycles. The second kappa shape index (κ2) is 11.2. The van der Waals surface area contributed by atoms with Crippen LogP contribution in [0.1, 0.15) is 6.92 Å². The second-order valence-corrected chi connectivity index (χ2v) is 2.60. The molecule has 100 valence electrons. The van der Waals surface area contributed by atoms with Gasteiger partial charge >= 0.3 is 0 Å². The molecule has 0 fully saturated rings. The molecule has 0 aliphatic carbocycles. The van der Waals surface area contributed by atoms with E-state index in [0.29, 0.717) is 6.54 Å². The normalized spacial score (nSPS) is 11.2. The minimum absolute atomic E-state index is 0. The second-order valence-electron chi connectivity index (χ2n) is 2.60. The molecule has 0 spiro atoms. The Morgan fingerprint density at radius 3 is 1.31 bits per heavy atom. The van der Waals surface area contributed by atoms with Crippen LogP contribution < -0.4 is 0 Å². The van der Waals surface area contributed by atoms with Crippen molar-refractivity contribution in [1.82, 2.24) is 0 Å². The summed E-state index contributed by atoms with van der Waals surface area (Å²) >= 11 is 0. The lowest BCUT2D eigenvalue weighted by molar-refractivity contribution is -1.37. The first kappa shape index (κ1) is 18.1. The van der Waals surface area contributed by atoms with Gasteiger partial charge in [-0.25, -0.2) is 0 Å². The molecule has 0 bridgehead atoms. The van der Waals surface area contributed by atoms with Crippen molar-refractivity contribution < 1.29 is 40.3 Å². The predicted molar refractivity (Wildman–Crippen MR) is 51.9 cm³/mol. The number of nitrogens with zero attached hydrogens (tertiary/aromatic N) is 1. The molecule has 0 aliphatic rings. The summed E-state index contributed by atoms with van der Waals surface area (Å²) in [7, 11) is 0. The molecule has 0 saturated carbocycles. The molecule has 0 aliphatic heterocycles. The zero-order valence-corrected chi connectivity index (χ0v) is 9.41. The van der Waals surface area contributed by atoms with Gasteiger partial charge in [0.1, 0.15) is 19.8 Å². The Morgan fingerprint density at radius 2 is 1.12 bits per heavy atom. The van der Waals surface area contributed by atoms with Gasteiger partial charge in [0.2, 0.25) is 0 Å². The molecule has 8 heteroatoms. The lowest BCUT2D eigenvalue weighted by atomic mass is 10.7. The smallest absolute Gasteiger partial charge is 0.175 e. The summed E-state index contributed by atoms with van der Waals surface area (Å²) in [5.74, 6) is 0. The van der Waals surface area contributed by atoms with Gasteiger partial charge in [-0.2, -0.15) is 0 Å². The highest BCUT2D eigenvalue weighted by Gasteiger charge is 2.32. The van der Waals surface area contributed by atoms with E-state index in [4.69, 9.17) is 29.8 Å². The molecule has 0 aromatic carbocycles. The summed E-state index contributed by atoms with van der Waals surface area (Å²) < 4.78 is 0. The summed E-state index contributed by atoms with van der Waals surface area (Å²) in [6, 6.07) is 0. The average Bonchev–Trinajstić information content (AvgIpc) is 2.29. The monoisotopic (exact) mass is 243 g/mol. The van der Waals surface area contributed by atoms with Crippen LogP contribution in [0.25, 0.3) is 0 Å². The summed E-state index contributed by atoms with van der Waals surface area (Å²) in [5, 5.41) is 25.9. The van der Waals surface area contributed by atoms with Crippen molar-refractivity contribution >= 4 is 0 Å². The van der Waals surface area contributed by atoms with E-state index < -0.39 is 4.97 Å². The standard InChI is InChI=1S/C8H20NO6.H2O/c1-2-9(13-6-3-10,14-7-4-11)15-8-5-12;/h10-12H,2-8H2,1H3;1H2/q+1;/p-1. The van der Waals surface area contributed by atoms with Gasteiger partial charge < -0.3 is 20.8 Å². The maximum absolute atomic E-state index is 8.63. The molecule has 16 heavy (non-hydrogen) atoms. The molecule has 0 atom stereocenters. The molecule has 0 radical (unpaired) electrons. The number of hydrogen-bond donors (Lipinski definition) is 3. The Labute approximate surface area is 94.3 Å². The quantitative estimate of drug-likeness (QED) is 0.313. The SMILES string of the molecule is CC[N+](OCCO)(OCCO)OCCO.[OH-]. The van der Waals surface area contributed by atoms with Crippen LogP contribution in [-0.4, -0.2) is 72.0 Å². The fourth-order valence-electron chi connectivity index (χ4n) is 0.925. The van der Waals surface area contributed by atoms with Crippen molar-refractivity contribution in [3.05, 3.63) is 0 Å². The van der Waals surface area contributed by atoms with Crippen LogP contribution in [0.4, 0.5) is 0 Å². The Kier molecular flexibility index (Phi) is 12.6. The van der Waals surface area contributed by atoms with Crippen LogP contribution in [0.3, 0.4) is 0 Å². The van der Waals surface area contributed by atoms with E-state index in [2.05, 4.69) is 0 Å². The third kappa shape index (κ3) is 7.04. The van der Waals surface area contributed by atoms with E-state index in [1.54, 1.807) is 6.92 Å². The minimum Gasteiger partial charge on any atom is -0.870 e. The zero-order valence-electron chi connectivity index (χ0n) is 9.41. The van der Waals surface area contributed by atoms with Crippen molar-refractivity contribution in [3.63, 3.8) is 0 Å². The van der Waals surface area contributed by atoms with Crippen molar-refractivity contribution in [3.8, 4) is 0 Å². The Bertz CT molecular complexity index is 125. The van der Waals surface area contributed by atoms with Gasteiger partial charge in [0.05, 0.1) is 24.8 Å². The van der Waals surface area contributed by atoms with Crippen molar-refractivity contribution in [2.24, 2.45) is 0 Å². The summed E-state index contributed by atoms with van der Waals surface area (Å²) in [5.41, 5.74) is 0. The van der Waals surface area contributed by atoms with E-state index in [1.165, 1.54) is 0 Å². The summed E-state index contributed by atoms with van der Waals surface area (Å²) in [4.78, 5) is 14.9. The number of aliphatic hydroxyl groups excluding tert-OH is 3. The number of quaternary nitrogens is 1. The lowest BCUT2D eigenvalue weighted by Gasteiger charge is -2.27. The average molecular weight is 243 g/mol. The highest BCUT2D eigenvalue weighted by atomic mass is 17.2. The zero-order chi connectivity index (χ0) is 11.6. The van der Waals surface area contributed by atoms with Gasteiger partial charge in [-0.3, -0.25) is 0 Å². The van der Waals surface area contributed by atoms with Crippen molar-refractivity contribution in [2.75, 3.05) is 46.2 Å². The molecule has 8 nitrogen and oxygen atoms in total. The maximum atomic E-state index is 8.63. The van der Waals surface area contributed by atoms with Crippen LogP contribution in [-0.2, 0) is 14.5 Å². The van der Waals surface area contributed by atoms with E-state index in [-0.39, 0.29) is 45.1 Å². The predicted octanol–water partition coefficient (Wildman–Crippen LogP) is -1.58. The molecule has 0 unspecified atom stereocenters. The van der Waals surface area contributed by atoms with Gasteiger partial charge in [-0.05, 0) is 6.92 Å². The Hall–Kier alpha value is -0.320. The van der Waals surface area contributed by atoms with Gasteiger partial charge in [-0.1, -0.05) is 0 Å². The van der Waals surface area contributed by atoms with E-state index in [9.17, 15) is 0 Å². The third-order valence-corrected chi connectivity index (χ3v) is 1.53. The number of aliphatic hydroxyl groups is 3. The van der Waals surface area contributed by atoms with Gasteiger partial charge in [-0.15, -0.1) is 14.5 Å². The topological polar surface area (TPSA) is 118 Å². The van der Waals surface area contributed by atoms with Crippen molar-refractivity contribution in [2.45, 2.75) is 6.92 Å². The Balaban J connectivity index is 0. The molecule has 0 heterocycles. The molecule has 4 N–H and O–H groups in total. The van der Waals surface area contributed by atoms with E-state index in [0.717, 1.165) is 0 Å². The first-order valence-electron chi connectivity index (χ1n) is 4.89. The van der Waals surface area contributed by atoms with E-state index >= 15 is 0 Å². The largest absolute Gasteiger partial charge is 0.870 e. The van der Waals surface area contributed by atoms with Crippen LogP contribution in [0.5, 0.6) is 0 Å². The summed E-state index contributed by atoms with van der Waals surface area (Å²) in [6.07, 6.45) is 0. The van der Waals surface area contributed by atoms with Crippen molar-refractivity contribution in [1.29, 1.82) is 0 Å². The number of hydroxylamine groups is 3. The lowest BCUT2D eigenvalue weighted by Crippen LogP contribution is -2.49. The molecular formula is C8H21NO7. The first-order valence-corrected chi connectivity index (χ1v) is 4.89. The molecule has 0 aromatic rings. The first-order chi connectivity index (χ1) is 7.24. The van der Waals surface area contributed by atoms with Gasteiger partial charge in [0.15, 0.2) is 6.54 Å². The highest BCUT2D eigenvalue weighted by molar-refractivity contribution is 4.17. The third-order valence-electron chi connectivity index (χ3n) is 1.53. The van der Waals surface area contributed by atoms with Crippen LogP contribution in [0.15, 0.2) is 0 Å².